The lowest BCUT2D eigenvalue weighted by Crippen LogP contribution is -2.34. The number of rotatable bonds is 4. The molecule has 0 bridgehead atoms. The van der Waals surface area contributed by atoms with Crippen molar-refractivity contribution in [2.24, 2.45) is 5.92 Å². The van der Waals surface area contributed by atoms with Crippen molar-refractivity contribution in [3.8, 4) is 0 Å². The molecule has 118 valence electrons. The summed E-state index contributed by atoms with van der Waals surface area (Å²) in [6.07, 6.45) is 0. The lowest BCUT2D eigenvalue weighted by atomic mass is 10.1. The number of benzene rings is 1. The molecular weight excluding hydrogens is 282 g/mol. The summed E-state index contributed by atoms with van der Waals surface area (Å²) < 4.78 is 0. The van der Waals surface area contributed by atoms with Gasteiger partial charge in [0.25, 0.3) is 11.8 Å². The standard InChI is InChI=1S/C16H21N3O3/c1-9(2)8-19-14(20)12-6-5-11(7-13(12)15(19)21)18-16(22)17-10(3)4/h5-7,9-10H,8H2,1-4H3,(H2,17,18,22). The highest BCUT2D eigenvalue weighted by molar-refractivity contribution is 6.21. The quantitative estimate of drug-likeness (QED) is 0.839. The van der Waals surface area contributed by atoms with E-state index in [2.05, 4.69) is 10.6 Å². The molecule has 6 heteroatoms. The molecule has 1 aromatic carbocycles. The molecule has 1 aromatic rings. The maximum absolute atomic E-state index is 12.3. The molecule has 0 aliphatic carbocycles. The van der Waals surface area contributed by atoms with Crippen LogP contribution in [0.1, 0.15) is 48.4 Å². The zero-order valence-corrected chi connectivity index (χ0v) is 13.3. The Labute approximate surface area is 129 Å². The highest BCUT2D eigenvalue weighted by atomic mass is 16.2. The van der Waals surface area contributed by atoms with E-state index < -0.39 is 0 Å². The predicted octanol–water partition coefficient (Wildman–Crippen LogP) is 2.47. The minimum atomic E-state index is -0.342. The Hall–Kier alpha value is -2.37. The van der Waals surface area contributed by atoms with Gasteiger partial charge in [0.05, 0.1) is 11.1 Å². The van der Waals surface area contributed by atoms with Crippen LogP contribution in [0.5, 0.6) is 0 Å². The molecule has 1 heterocycles. The molecule has 0 aromatic heterocycles. The molecule has 4 amide bonds. The van der Waals surface area contributed by atoms with Crippen LogP contribution in [0.4, 0.5) is 10.5 Å². The van der Waals surface area contributed by atoms with E-state index in [-0.39, 0.29) is 29.8 Å². The van der Waals surface area contributed by atoms with E-state index in [1.54, 1.807) is 18.2 Å². The summed E-state index contributed by atoms with van der Waals surface area (Å²) in [6.45, 7) is 8.00. The van der Waals surface area contributed by atoms with Gasteiger partial charge >= 0.3 is 6.03 Å². The largest absolute Gasteiger partial charge is 0.336 e. The third kappa shape index (κ3) is 3.27. The van der Waals surface area contributed by atoms with Crippen LogP contribution < -0.4 is 10.6 Å². The molecule has 0 fully saturated rings. The van der Waals surface area contributed by atoms with Gasteiger partial charge in [-0.05, 0) is 38.0 Å². The number of urea groups is 1. The summed E-state index contributed by atoms with van der Waals surface area (Å²) in [5.74, 6) is -0.370. The fourth-order valence-electron chi connectivity index (χ4n) is 2.33. The average Bonchev–Trinajstić information content (AvgIpc) is 2.62. The third-order valence-corrected chi connectivity index (χ3v) is 3.20. The van der Waals surface area contributed by atoms with Crippen molar-refractivity contribution < 1.29 is 14.4 Å². The Morgan fingerprint density at radius 3 is 2.32 bits per heavy atom. The minimum Gasteiger partial charge on any atom is -0.336 e. The first-order valence-electron chi connectivity index (χ1n) is 7.37. The Bertz CT molecular complexity index is 623. The lowest BCUT2D eigenvalue weighted by molar-refractivity contribution is 0.0636. The number of fused-ring (bicyclic) bond motifs is 1. The fraction of sp³-hybridized carbons (Fsp3) is 0.438. The fourth-order valence-corrected chi connectivity index (χ4v) is 2.33. The van der Waals surface area contributed by atoms with Crippen molar-refractivity contribution in [3.63, 3.8) is 0 Å². The summed E-state index contributed by atoms with van der Waals surface area (Å²) in [7, 11) is 0. The Morgan fingerprint density at radius 1 is 1.09 bits per heavy atom. The van der Waals surface area contributed by atoms with Crippen molar-refractivity contribution in [3.05, 3.63) is 29.3 Å². The van der Waals surface area contributed by atoms with E-state index >= 15 is 0 Å². The Balaban J connectivity index is 2.20. The van der Waals surface area contributed by atoms with Crippen LogP contribution in [-0.4, -0.2) is 35.3 Å². The number of nitrogens with zero attached hydrogens (tertiary/aromatic N) is 1. The van der Waals surface area contributed by atoms with Gasteiger partial charge in [-0.3, -0.25) is 14.5 Å². The number of imide groups is 1. The second-order valence-electron chi connectivity index (χ2n) is 6.13. The highest BCUT2D eigenvalue weighted by Gasteiger charge is 2.35. The number of hydrogen-bond acceptors (Lipinski definition) is 3. The first-order chi connectivity index (χ1) is 10.3. The summed E-state index contributed by atoms with van der Waals surface area (Å²) in [6, 6.07) is 4.43. The average molecular weight is 303 g/mol. The van der Waals surface area contributed by atoms with Crippen molar-refractivity contribution >= 4 is 23.5 Å². The molecule has 0 saturated carbocycles. The first-order valence-corrected chi connectivity index (χ1v) is 7.37. The topological polar surface area (TPSA) is 78.5 Å². The van der Waals surface area contributed by atoms with Gasteiger partial charge in [0, 0.05) is 18.3 Å². The smallest absolute Gasteiger partial charge is 0.319 e. The van der Waals surface area contributed by atoms with Gasteiger partial charge in [0.1, 0.15) is 0 Å². The van der Waals surface area contributed by atoms with Crippen LogP contribution in [0.2, 0.25) is 0 Å². The number of hydrogen-bond donors (Lipinski definition) is 2. The van der Waals surface area contributed by atoms with E-state index in [4.69, 9.17) is 0 Å². The molecule has 0 spiro atoms. The summed E-state index contributed by atoms with van der Waals surface area (Å²) >= 11 is 0. The maximum atomic E-state index is 12.3. The number of carbonyl (C=O) groups is 3. The van der Waals surface area contributed by atoms with Gasteiger partial charge in [0.15, 0.2) is 0 Å². The summed E-state index contributed by atoms with van der Waals surface area (Å²) in [4.78, 5) is 37.5. The van der Waals surface area contributed by atoms with Crippen molar-refractivity contribution in [2.45, 2.75) is 33.7 Å². The van der Waals surface area contributed by atoms with Crippen molar-refractivity contribution in [1.82, 2.24) is 10.2 Å². The van der Waals surface area contributed by atoms with Gasteiger partial charge in [0.2, 0.25) is 0 Å². The maximum Gasteiger partial charge on any atom is 0.319 e. The van der Waals surface area contributed by atoms with Crippen molar-refractivity contribution in [1.29, 1.82) is 0 Å². The van der Waals surface area contributed by atoms with Gasteiger partial charge in [-0.1, -0.05) is 13.8 Å². The molecule has 0 saturated heterocycles. The Morgan fingerprint density at radius 2 is 1.73 bits per heavy atom. The minimum absolute atomic E-state index is 0.0131. The molecular formula is C16H21N3O3. The zero-order valence-electron chi connectivity index (χ0n) is 13.3. The molecule has 0 radical (unpaired) electrons. The van der Waals surface area contributed by atoms with Crippen LogP contribution in [0, 0.1) is 5.92 Å². The van der Waals surface area contributed by atoms with Crippen LogP contribution in [0.15, 0.2) is 18.2 Å². The van der Waals surface area contributed by atoms with Crippen molar-refractivity contribution in [2.75, 3.05) is 11.9 Å². The van der Waals surface area contributed by atoms with E-state index in [0.29, 0.717) is 23.4 Å². The number of carbonyl (C=O) groups excluding carboxylic acids is 3. The second kappa shape index (κ2) is 6.17. The molecule has 22 heavy (non-hydrogen) atoms. The third-order valence-electron chi connectivity index (χ3n) is 3.20. The summed E-state index contributed by atoms with van der Waals surface area (Å²) in [5.41, 5.74) is 1.22. The molecule has 6 nitrogen and oxygen atoms in total. The molecule has 2 rings (SSSR count). The van der Waals surface area contributed by atoms with Crippen LogP contribution in [0.3, 0.4) is 0 Å². The molecule has 0 unspecified atom stereocenters. The van der Waals surface area contributed by atoms with Gasteiger partial charge < -0.3 is 10.6 Å². The van der Waals surface area contributed by atoms with E-state index in [1.165, 1.54) is 4.90 Å². The number of amides is 4. The van der Waals surface area contributed by atoms with E-state index in [0.717, 1.165) is 0 Å². The lowest BCUT2D eigenvalue weighted by Gasteiger charge is -2.15. The van der Waals surface area contributed by atoms with Crippen LogP contribution in [-0.2, 0) is 0 Å². The Kier molecular flexibility index (Phi) is 4.49. The highest BCUT2D eigenvalue weighted by Crippen LogP contribution is 2.26. The SMILES string of the molecule is CC(C)CN1C(=O)c2ccc(NC(=O)NC(C)C)cc2C1=O. The molecule has 1 aliphatic rings. The van der Waals surface area contributed by atoms with Crippen LogP contribution in [0.25, 0.3) is 0 Å². The zero-order chi connectivity index (χ0) is 16.4. The van der Waals surface area contributed by atoms with E-state index in [9.17, 15) is 14.4 Å². The monoisotopic (exact) mass is 303 g/mol. The van der Waals surface area contributed by atoms with Gasteiger partial charge in [-0.15, -0.1) is 0 Å². The molecule has 2 N–H and O–H groups in total. The second-order valence-corrected chi connectivity index (χ2v) is 6.13. The molecule has 1 aliphatic heterocycles. The van der Waals surface area contributed by atoms with E-state index in [1.807, 2.05) is 27.7 Å². The predicted molar refractivity (Wildman–Crippen MR) is 83.9 cm³/mol. The van der Waals surface area contributed by atoms with Crippen LogP contribution >= 0.6 is 0 Å². The first kappa shape index (κ1) is 16.0. The van der Waals surface area contributed by atoms with Gasteiger partial charge in [-0.25, -0.2) is 4.79 Å². The number of anilines is 1. The number of nitrogens with one attached hydrogen (secondary N) is 2. The summed E-state index contributed by atoms with van der Waals surface area (Å²) in [5, 5.41) is 5.36. The van der Waals surface area contributed by atoms with Gasteiger partial charge in [-0.2, -0.15) is 0 Å². The molecule has 0 atom stereocenters. The normalized spacial score (nSPS) is 13.8.